The Bertz CT molecular complexity index is 1190. The maximum Gasteiger partial charge on any atom is 0.155 e. The maximum atomic E-state index is 10.0. The number of ketones is 1. The topological polar surface area (TPSA) is 50.2 Å². The number of thiophene rings is 1. The normalized spacial score (nSPS) is 10.8. The van der Waals surface area contributed by atoms with Crippen molar-refractivity contribution in [3.8, 4) is 21.7 Å². The molecule has 2 aromatic carbocycles. The average Bonchev–Trinajstić information content (AvgIpc) is 3.11. The van der Waals surface area contributed by atoms with Crippen LogP contribution in [0.5, 0.6) is 0 Å². The van der Waals surface area contributed by atoms with E-state index >= 15 is 0 Å². The van der Waals surface area contributed by atoms with Crippen molar-refractivity contribution < 1.29 is 30.0 Å². The molecule has 0 atom stereocenters. The van der Waals surface area contributed by atoms with E-state index in [2.05, 4.69) is 73.4 Å². The molecule has 4 aromatic rings. The summed E-state index contributed by atoms with van der Waals surface area (Å²) < 4.78 is 1.23. The fourth-order valence-electron chi connectivity index (χ4n) is 3.22. The molecule has 0 saturated carbocycles. The summed E-state index contributed by atoms with van der Waals surface area (Å²) >= 11 is 1.80. The third-order valence-electron chi connectivity index (χ3n) is 4.31. The molecule has 0 spiro atoms. The summed E-state index contributed by atoms with van der Waals surface area (Å²) in [6.07, 6.45) is 3.06. The number of nitrogens with zero attached hydrogens (tertiary/aromatic N) is 1. The number of pyridine rings is 1. The van der Waals surface area contributed by atoms with E-state index in [0.717, 1.165) is 16.8 Å². The van der Waals surface area contributed by atoms with Crippen molar-refractivity contribution in [3.63, 3.8) is 0 Å². The minimum absolute atomic E-state index is 0. The predicted octanol–water partition coefficient (Wildman–Crippen LogP) is 7.08. The minimum atomic E-state index is -0.125. The van der Waals surface area contributed by atoms with Crippen molar-refractivity contribution in [2.75, 3.05) is 0 Å². The zero-order valence-corrected chi connectivity index (χ0v) is 21.1. The van der Waals surface area contributed by atoms with Crippen LogP contribution in [0.4, 0.5) is 0 Å². The third kappa shape index (κ3) is 6.70. The number of allylic oxidation sites excluding steroid dienone is 2. The van der Waals surface area contributed by atoms with Crippen LogP contribution in [-0.4, -0.2) is 15.9 Å². The molecule has 4 rings (SSSR count). The fourth-order valence-corrected chi connectivity index (χ4v) is 4.38. The summed E-state index contributed by atoms with van der Waals surface area (Å²) in [6, 6.07) is 22.6. The van der Waals surface area contributed by atoms with Crippen molar-refractivity contribution >= 4 is 27.2 Å². The maximum absolute atomic E-state index is 10.0. The van der Waals surface area contributed by atoms with Crippen LogP contribution in [0.3, 0.4) is 0 Å². The molecule has 0 unspecified atom stereocenters. The molecule has 2 aromatic heterocycles. The van der Waals surface area contributed by atoms with Crippen LogP contribution < -0.4 is 0 Å². The molecule has 31 heavy (non-hydrogen) atoms. The van der Waals surface area contributed by atoms with Crippen molar-refractivity contribution in [2.45, 2.75) is 27.7 Å². The largest absolute Gasteiger partial charge is 0.512 e. The first-order valence-corrected chi connectivity index (χ1v) is 10.5. The molecule has 2 heterocycles. The average molecular weight is 607 g/mol. The van der Waals surface area contributed by atoms with E-state index in [4.69, 9.17) is 5.11 Å². The SMILES string of the molecule is CC(=O)/C=C(/C)O.Cc1[c-]c(-c2nccc3cc(-c4ccccc4)sc23)cc(C)c1.[Ir]. The van der Waals surface area contributed by atoms with Gasteiger partial charge in [0.2, 0.25) is 0 Å². The van der Waals surface area contributed by atoms with Crippen molar-refractivity contribution in [1.29, 1.82) is 0 Å². The molecule has 0 aliphatic carbocycles. The smallest absolute Gasteiger partial charge is 0.155 e. The van der Waals surface area contributed by atoms with Crippen molar-refractivity contribution in [3.05, 3.63) is 89.8 Å². The first-order valence-electron chi connectivity index (χ1n) is 9.66. The number of hydrogen-bond donors (Lipinski definition) is 1. The van der Waals surface area contributed by atoms with Gasteiger partial charge in [-0.05, 0) is 36.9 Å². The molecular weight excluding hydrogens is 583 g/mol. The number of aromatic nitrogens is 1. The standard InChI is InChI=1S/C21H16NS.C5H8O2.Ir/c1-14-10-15(2)12-18(11-14)20-21-17(8-9-22-20)13-19(23-21)16-6-4-3-5-7-16;1-4(6)3-5(2)7;/h3-11,13H,1-2H3;3,6H,1-2H3;/q-1;;/b;4-3-;. The Morgan fingerprint density at radius 1 is 1.06 bits per heavy atom. The summed E-state index contributed by atoms with van der Waals surface area (Å²) in [6.45, 7) is 7.05. The number of carbonyl (C=O) groups is 1. The zero-order chi connectivity index (χ0) is 21.7. The number of aliphatic hydroxyl groups excluding tert-OH is 1. The van der Waals surface area contributed by atoms with Gasteiger partial charge >= 0.3 is 0 Å². The van der Waals surface area contributed by atoms with Crippen LogP contribution in [0.2, 0.25) is 0 Å². The van der Waals surface area contributed by atoms with Gasteiger partial charge in [0, 0.05) is 47.6 Å². The zero-order valence-electron chi connectivity index (χ0n) is 17.9. The summed E-state index contributed by atoms with van der Waals surface area (Å²) in [5.74, 6) is -0.0625. The van der Waals surface area contributed by atoms with E-state index < -0.39 is 0 Å². The van der Waals surface area contributed by atoms with E-state index in [1.54, 1.807) is 11.3 Å². The van der Waals surface area contributed by atoms with Crippen LogP contribution in [0.15, 0.2) is 72.6 Å². The third-order valence-corrected chi connectivity index (χ3v) is 5.51. The van der Waals surface area contributed by atoms with E-state index in [1.807, 2.05) is 12.3 Å². The Kier molecular flexibility index (Phi) is 8.87. The van der Waals surface area contributed by atoms with Crippen LogP contribution in [0.1, 0.15) is 25.0 Å². The van der Waals surface area contributed by atoms with E-state index in [-0.39, 0.29) is 31.6 Å². The quantitative estimate of drug-likeness (QED) is 0.154. The van der Waals surface area contributed by atoms with Gasteiger partial charge in [-0.2, -0.15) is 0 Å². The Morgan fingerprint density at radius 3 is 2.35 bits per heavy atom. The van der Waals surface area contributed by atoms with Gasteiger partial charge in [-0.1, -0.05) is 44.2 Å². The van der Waals surface area contributed by atoms with E-state index in [9.17, 15) is 4.79 Å². The van der Waals surface area contributed by atoms with Crippen LogP contribution >= 0.6 is 11.3 Å². The monoisotopic (exact) mass is 607 g/mol. The Balaban J connectivity index is 0.000000373. The fraction of sp³-hybridized carbons (Fsp3) is 0.154. The molecule has 0 bridgehead atoms. The molecule has 5 heteroatoms. The van der Waals surface area contributed by atoms with Gasteiger partial charge in [-0.15, -0.1) is 46.2 Å². The second kappa shape index (κ2) is 11.1. The Morgan fingerprint density at radius 2 is 1.77 bits per heavy atom. The molecule has 0 amide bonds. The van der Waals surface area contributed by atoms with Gasteiger partial charge in [0.05, 0.1) is 5.76 Å². The van der Waals surface area contributed by atoms with Gasteiger partial charge in [0.25, 0.3) is 0 Å². The van der Waals surface area contributed by atoms with Gasteiger partial charge < -0.3 is 10.1 Å². The molecule has 1 N–H and O–H groups in total. The van der Waals surface area contributed by atoms with Crippen molar-refractivity contribution in [1.82, 2.24) is 4.98 Å². The number of hydrogen-bond acceptors (Lipinski definition) is 4. The van der Waals surface area contributed by atoms with Gasteiger partial charge in [-0.25, -0.2) is 0 Å². The Hall–Kier alpha value is -2.59. The van der Waals surface area contributed by atoms with Gasteiger partial charge in [-0.3, -0.25) is 4.79 Å². The molecule has 0 fully saturated rings. The predicted molar refractivity (Wildman–Crippen MR) is 126 cm³/mol. The molecule has 3 nitrogen and oxygen atoms in total. The second-order valence-electron chi connectivity index (χ2n) is 7.21. The van der Waals surface area contributed by atoms with E-state index in [0.29, 0.717) is 0 Å². The molecule has 0 aliphatic heterocycles. The summed E-state index contributed by atoms with van der Waals surface area (Å²) in [5.41, 5.74) is 5.76. The molecule has 1 radical (unpaired) electrons. The number of aryl methyl sites for hydroxylation is 2. The number of carbonyl (C=O) groups excluding carboxylic acids is 1. The number of fused-ring (bicyclic) bond motifs is 1. The summed E-state index contributed by atoms with van der Waals surface area (Å²) in [5, 5.41) is 9.61. The number of rotatable bonds is 3. The van der Waals surface area contributed by atoms with Crippen LogP contribution in [-0.2, 0) is 24.9 Å². The van der Waals surface area contributed by atoms with E-state index in [1.165, 1.54) is 46.0 Å². The number of aliphatic hydroxyl groups is 1. The first-order chi connectivity index (χ1) is 14.3. The summed E-state index contributed by atoms with van der Waals surface area (Å²) in [7, 11) is 0. The van der Waals surface area contributed by atoms with Gasteiger partial charge in [0.1, 0.15) is 0 Å². The second-order valence-corrected chi connectivity index (χ2v) is 8.26. The summed E-state index contributed by atoms with van der Waals surface area (Å²) in [4.78, 5) is 15.9. The Labute approximate surface area is 200 Å². The molecular formula is C26H24IrNO2S-. The van der Waals surface area contributed by atoms with Crippen LogP contribution in [0, 0.1) is 19.9 Å². The van der Waals surface area contributed by atoms with Crippen LogP contribution in [0.25, 0.3) is 31.8 Å². The van der Waals surface area contributed by atoms with Crippen molar-refractivity contribution in [2.24, 2.45) is 0 Å². The minimum Gasteiger partial charge on any atom is -0.512 e. The first kappa shape index (κ1) is 24.7. The molecule has 0 saturated heterocycles. The van der Waals surface area contributed by atoms with Gasteiger partial charge in [0.15, 0.2) is 5.78 Å². The molecule has 161 valence electrons. The molecule has 0 aliphatic rings. The number of benzene rings is 2.